The number of nitrogen functional groups attached to an aromatic ring is 1. The van der Waals surface area contributed by atoms with Gasteiger partial charge in [-0.25, -0.2) is 4.98 Å². The highest BCUT2D eigenvalue weighted by atomic mass is 16.5. The second-order valence-corrected chi connectivity index (χ2v) is 7.52. The number of hydrogen-bond donors (Lipinski definition) is 3. The van der Waals surface area contributed by atoms with Crippen LogP contribution in [0.1, 0.15) is 26.2 Å². The lowest BCUT2D eigenvalue weighted by molar-refractivity contribution is -0.117. The zero-order chi connectivity index (χ0) is 22.2. The molecule has 5 N–H and O–H groups in total. The average Bonchev–Trinajstić information content (AvgIpc) is 2.74. The van der Waals surface area contributed by atoms with Crippen molar-refractivity contribution in [3.05, 3.63) is 48.7 Å². The minimum Gasteiger partial charge on any atom is -0.459 e. The Kier molecular flexibility index (Phi) is 7.69. The number of nitrogens with two attached hydrogens (primary N) is 2. The number of piperidine rings is 1. The number of likely N-dealkylation sites (tertiary alicyclic amines) is 1. The summed E-state index contributed by atoms with van der Waals surface area (Å²) in [6.07, 6.45) is 3.70. The quantitative estimate of drug-likeness (QED) is 0.438. The Balaban J connectivity index is 1.67. The number of nitrogens with one attached hydrogen (secondary N) is 1. The maximum Gasteiger partial charge on any atom is 0.242 e. The van der Waals surface area contributed by atoms with Crippen LogP contribution in [-0.4, -0.2) is 41.5 Å². The van der Waals surface area contributed by atoms with Gasteiger partial charge in [-0.05, 0) is 57.1 Å². The van der Waals surface area contributed by atoms with E-state index in [9.17, 15) is 4.79 Å². The first-order chi connectivity index (χ1) is 14.9. The van der Waals surface area contributed by atoms with E-state index < -0.39 is 6.04 Å². The van der Waals surface area contributed by atoms with Crippen LogP contribution in [0.15, 0.2) is 59.0 Å². The summed E-state index contributed by atoms with van der Waals surface area (Å²) in [5.41, 5.74) is 12.4. The molecule has 0 saturated carbocycles. The van der Waals surface area contributed by atoms with Crippen molar-refractivity contribution in [1.29, 1.82) is 0 Å². The largest absolute Gasteiger partial charge is 0.459 e. The van der Waals surface area contributed by atoms with E-state index in [0.717, 1.165) is 13.1 Å². The van der Waals surface area contributed by atoms with Crippen LogP contribution in [0.3, 0.4) is 0 Å². The number of para-hydroxylation sites is 1. The number of pyridine rings is 1. The number of nitrogens with zero attached hydrogens (tertiary/aromatic N) is 4. The fourth-order valence-corrected chi connectivity index (χ4v) is 3.15. The fraction of sp³-hybridized carbons (Fsp3) is 0.364. The van der Waals surface area contributed by atoms with E-state index >= 15 is 0 Å². The molecule has 9 heteroatoms. The van der Waals surface area contributed by atoms with Crippen molar-refractivity contribution in [3.63, 3.8) is 0 Å². The summed E-state index contributed by atoms with van der Waals surface area (Å²) in [7, 11) is 0. The second kappa shape index (κ2) is 10.6. The Labute approximate surface area is 182 Å². The third kappa shape index (κ3) is 6.59. The summed E-state index contributed by atoms with van der Waals surface area (Å²) in [6, 6.07) is 9.91. The monoisotopic (exact) mass is 423 g/mol. The molecular formula is C22H29N7O2. The van der Waals surface area contributed by atoms with Crippen LogP contribution in [0.25, 0.3) is 0 Å². The lowest BCUT2D eigenvalue weighted by atomic mass is 10.1. The molecule has 0 radical (unpaired) electrons. The third-order valence-electron chi connectivity index (χ3n) is 4.80. The first kappa shape index (κ1) is 22.4. The molecule has 0 bridgehead atoms. The maximum absolute atomic E-state index is 11.7. The van der Waals surface area contributed by atoms with Crippen LogP contribution in [0.5, 0.6) is 5.75 Å². The molecule has 1 aliphatic rings. The summed E-state index contributed by atoms with van der Waals surface area (Å²) < 4.78 is 5.96. The molecular weight excluding hydrogens is 394 g/mol. The van der Waals surface area contributed by atoms with Crippen molar-refractivity contribution < 1.29 is 9.53 Å². The van der Waals surface area contributed by atoms with Crippen LogP contribution in [0, 0.1) is 0 Å². The van der Waals surface area contributed by atoms with Gasteiger partial charge in [0.1, 0.15) is 23.0 Å². The van der Waals surface area contributed by atoms with E-state index in [2.05, 4.69) is 32.0 Å². The number of anilines is 2. The van der Waals surface area contributed by atoms with E-state index in [1.165, 1.54) is 19.3 Å². The van der Waals surface area contributed by atoms with Gasteiger partial charge in [-0.2, -0.15) is 0 Å². The van der Waals surface area contributed by atoms with Gasteiger partial charge >= 0.3 is 0 Å². The second-order valence-electron chi connectivity index (χ2n) is 7.52. The Morgan fingerprint density at radius 2 is 1.90 bits per heavy atom. The van der Waals surface area contributed by atoms with Gasteiger partial charge in [-0.1, -0.05) is 25.1 Å². The number of amides is 1. The molecule has 0 spiro atoms. The minimum atomic E-state index is -0.649. The molecule has 1 aliphatic heterocycles. The van der Waals surface area contributed by atoms with Gasteiger partial charge in [0.05, 0.1) is 12.6 Å². The molecule has 0 aliphatic carbocycles. The highest BCUT2D eigenvalue weighted by molar-refractivity contribution is 5.93. The van der Waals surface area contributed by atoms with Gasteiger partial charge in [-0.3, -0.25) is 9.69 Å². The van der Waals surface area contributed by atoms with E-state index in [4.69, 9.17) is 16.2 Å². The predicted octanol–water partition coefficient (Wildman–Crippen LogP) is 3.74. The summed E-state index contributed by atoms with van der Waals surface area (Å²) in [6.45, 7) is 8.46. The van der Waals surface area contributed by atoms with Crippen LogP contribution in [0.4, 0.5) is 23.0 Å². The molecule has 2 heterocycles. The van der Waals surface area contributed by atoms with Crippen LogP contribution >= 0.6 is 0 Å². The van der Waals surface area contributed by atoms with Crippen molar-refractivity contribution in [2.24, 2.45) is 16.0 Å². The number of azo groups is 1. The van der Waals surface area contributed by atoms with E-state index in [1.54, 1.807) is 25.1 Å². The number of hydrogen-bond acceptors (Lipinski definition) is 8. The summed E-state index contributed by atoms with van der Waals surface area (Å²) in [5.74, 6) is 1.33. The first-order valence-corrected chi connectivity index (χ1v) is 10.3. The van der Waals surface area contributed by atoms with Crippen molar-refractivity contribution >= 4 is 28.9 Å². The molecule has 3 rings (SSSR count). The molecule has 1 fully saturated rings. The standard InChI is InChI=1S/C22H29N7O2/c1-15(14-29-12-6-3-7-13-29)31-19-9-5-4-8-17(19)27-28-18-10-11-20(25-21(18)24)26-22(30)16(2)23/h4-5,8-11,16H,1,3,6-7,12-14,23H2,2H3,(H3,24,25,26,30)/t16-/m0/s1. The van der Waals surface area contributed by atoms with Crippen molar-refractivity contribution in [2.75, 3.05) is 30.7 Å². The van der Waals surface area contributed by atoms with Gasteiger partial charge in [0.15, 0.2) is 11.6 Å². The minimum absolute atomic E-state index is 0.138. The highest BCUT2D eigenvalue weighted by Crippen LogP contribution is 2.31. The lowest BCUT2D eigenvalue weighted by Gasteiger charge is -2.26. The molecule has 1 atom stereocenters. The first-order valence-electron chi connectivity index (χ1n) is 10.3. The fourth-order valence-electron chi connectivity index (χ4n) is 3.15. The molecule has 1 saturated heterocycles. The molecule has 1 aromatic heterocycles. The summed E-state index contributed by atoms with van der Waals surface area (Å²) >= 11 is 0. The SMILES string of the molecule is C=C(CN1CCCCC1)Oc1ccccc1N=Nc1ccc(NC(=O)[C@H](C)N)nc1N. The van der Waals surface area contributed by atoms with Gasteiger partial charge in [0, 0.05) is 0 Å². The summed E-state index contributed by atoms with van der Waals surface area (Å²) in [5, 5.41) is 11.1. The van der Waals surface area contributed by atoms with Crippen molar-refractivity contribution in [2.45, 2.75) is 32.2 Å². The molecule has 9 nitrogen and oxygen atoms in total. The molecule has 0 unspecified atom stereocenters. The number of carbonyl (C=O) groups is 1. The smallest absolute Gasteiger partial charge is 0.242 e. The Hall–Kier alpha value is -3.30. The topological polar surface area (TPSA) is 131 Å². The van der Waals surface area contributed by atoms with Crippen LogP contribution in [0.2, 0.25) is 0 Å². The predicted molar refractivity (Wildman–Crippen MR) is 122 cm³/mol. The summed E-state index contributed by atoms with van der Waals surface area (Å²) in [4.78, 5) is 18.2. The van der Waals surface area contributed by atoms with Gasteiger partial charge in [0.2, 0.25) is 5.91 Å². The Morgan fingerprint density at radius 3 is 2.61 bits per heavy atom. The van der Waals surface area contributed by atoms with Gasteiger partial charge < -0.3 is 21.5 Å². The number of aromatic nitrogens is 1. The molecule has 1 amide bonds. The molecule has 1 aromatic carbocycles. The number of rotatable bonds is 8. The molecule has 2 aromatic rings. The van der Waals surface area contributed by atoms with Crippen molar-refractivity contribution in [3.8, 4) is 5.75 Å². The molecule has 31 heavy (non-hydrogen) atoms. The average molecular weight is 424 g/mol. The van der Waals surface area contributed by atoms with E-state index in [0.29, 0.717) is 35.2 Å². The van der Waals surface area contributed by atoms with E-state index in [1.807, 2.05) is 18.2 Å². The number of ether oxygens (including phenoxy) is 1. The normalized spacial score (nSPS) is 15.5. The highest BCUT2D eigenvalue weighted by Gasteiger charge is 2.13. The van der Waals surface area contributed by atoms with Crippen molar-refractivity contribution in [1.82, 2.24) is 9.88 Å². The zero-order valence-electron chi connectivity index (χ0n) is 17.8. The van der Waals surface area contributed by atoms with Gasteiger partial charge in [-0.15, -0.1) is 10.2 Å². The van der Waals surface area contributed by atoms with Gasteiger partial charge in [0.25, 0.3) is 0 Å². The number of benzene rings is 1. The zero-order valence-corrected chi connectivity index (χ0v) is 17.8. The van der Waals surface area contributed by atoms with E-state index in [-0.39, 0.29) is 11.7 Å². The Bertz CT molecular complexity index is 953. The third-order valence-corrected chi connectivity index (χ3v) is 4.80. The maximum atomic E-state index is 11.7. The molecule has 164 valence electrons. The Morgan fingerprint density at radius 1 is 1.19 bits per heavy atom. The van der Waals surface area contributed by atoms with Crippen LogP contribution in [-0.2, 0) is 4.79 Å². The number of carbonyl (C=O) groups excluding carboxylic acids is 1. The van der Waals surface area contributed by atoms with Crippen LogP contribution < -0.4 is 21.5 Å². The lowest BCUT2D eigenvalue weighted by Crippen LogP contribution is -2.32.